The first-order valence-corrected chi connectivity index (χ1v) is 8.98. The van der Waals surface area contributed by atoms with Crippen LogP contribution in [0.25, 0.3) is 0 Å². The molecule has 0 atom stereocenters. The molecule has 0 unspecified atom stereocenters. The van der Waals surface area contributed by atoms with Crippen LogP contribution in [0.4, 0.5) is 10.1 Å². The van der Waals surface area contributed by atoms with Crippen molar-refractivity contribution in [1.29, 1.82) is 5.26 Å². The summed E-state index contributed by atoms with van der Waals surface area (Å²) in [6, 6.07) is 13.1. The van der Waals surface area contributed by atoms with E-state index >= 15 is 0 Å². The first-order chi connectivity index (χ1) is 12.4. The summed E-state index contributed by atoms with van der Waals surface area (Å²) < 4.78 is 40.0. The van der Waals surface area contributed by atoms with Crippen LogP contribution in [-0.2, 0) is 14.8 Å². The van der Waals surface area contributed by atoms with Crippen LogP contribution in [0.2, 0.25) is 0 Å². The van der Waals surface area contributed by atoms with Crippen LogP contribution in [-0.4, -0.2) is 31.7 Å². The van der Waals surface area contributed by atoms with Gasteiger partial charge in [0, 0.05) is 12.2 Å². The number of nitrogens with zero attached hydrogens (tertiary/aromatic N) is 2. The largest absolute Gasteiger partial charge is 0.325 e. The number of nitrogens with one attached hydrogen (secondary N) is 1. The maximum Gasteiger partial charge on any atom is 0.246 e. The second kappa shape index (κ2) is 8.38. The molecule has 0 saturated heterocycles. The summed E-state index contributed by atoms with van der Waals surface area (Å²) in [5, 5.41) is 11.4. The van der Waals surface area contributed by atoms with Gasteiger partial charge in [-0.2, -0.15) is 9.57 Å². The van der Waals surface area contributed by atoms with E-state index in [0.717, 1.165) is 16.4 Å². The van der Waals surface area contributed by atoms with Gasteiger partial charge in [0.25, 0.3) is 0 Å². The number of benzene rings is 2. The van der Waals surface area contributed by atoms with Gasteiger partial charge in [0.05, 0.1) is 18.2 Å². The van der Waals surface area contributed by atoms with Gasteiger partial charge in [-0.1, -0.05) is 24.3 Å². The van der Waals surface area contributed by atoms with Crippen LogP contribution < -0.4 is 5.32 Å². The number of amides is 1. The van der Waals surface area contributed by atoms with E-state index in [1.54, 1.807) is 18.2 Å². The number of carbonyl (C=O) groups excluding carboxylic acids is 1. The van der Waals surface area contributed by atoms with Crippen molar-refractivity contribution in [3.63, 3.8) is 0 Å². The molecule has 0 aliphatic carbocycles. The van der Waals surface area contributed by atoms with Crippen LogP contribution in [0.15, 0.2) is 66.1 Å². The van der Waals surface area contributed by atoms with Gasteiger partial charge in [0.2, 0.25) is 15.9 Å². The fourth-order valence-corrected chi connectivity index (χ4v) is 3.64. The van der Waals surface area contributed by atoms with Crippen molar-refractivity contribution in [2.75, 3.05) is 18.4 Å². The van der Waals surface area contributed by atoms with E-state index in [-0.39, 0.29) is 6.54 Å². The van der Waals surface area contributed by atoms with E-state index in [0.29, 0.717) is 11.3 Å². The fraction of sp³-hybridized carbons (Fsp3) is 0.111. The Hall–Kier alpha value is -3.02. The number of halogens is 1. The molecule has 0 saturated carbocycles. The molecule has 8 heteroatoms. The molecule has 0 aliphatic heterocycles. The Morgan fingerprint density at radius 2 is 2.00 bits per heavy atom. The Morgan fingerprint density at radius 1 is 1.27 bits per heavy atom. The van der Waals surface area contributed by atoms with Crippen LogP contribution in [0.3, 0.4) is 0 Å². The highest BCUT2D eigenvalue weighted by molar-refractivity contribution is 7.89. The number of rotatable bonds is 7. The summed E-state index contributed by atoms with van der Waals surface area (Å²) in [7, 11) is -4.22. The molecule has 26 heavy (non-hydrogen) atoms. The molecular formula is C18H16FN3O3S. The second-order valence-electron chi connectivity index (χ2n) is 5.26. The van der Waals surface area contributed by atoms with Crippen LogP contribution in [0.1, 0.15) is 5.56 Å². The molecule has 0 bridgehead atoms. The van der Waals surface area contributed by atoms with E-state index < -0.39 is 33.2 Å². The van der Waals surface area contributed by atoms with Crippen molar-refractivity contribution in [3.8, 4) is 6.07 Å². The molecule has 134 valence electrons. The molecule has 0 radical (unpaired) electrons. The average Bonchev–Trinajstić information content (AvgIpc) is 2.61. The number of nitriles is 1. The Bertz CT molecular complexity index is 968. The predicted octanol–water partition coefficient (Wildman–Crippen LogP) is 2.51. The number of anilines is 1. The van der Waals surface area contributed by atoms with Gasteiger partial charge in [-0.25, -0.2) is 12.8 Å². The smallest absolute Gasteiger partial charge is 0.246 e. The average molecular weight is 373 g/mol. The molecule has 1 N–H and O–H groups in total. The Balaban J connectivity index is 2.22. The van der Waals surface area contributed by atoms with Crippen molar-refractivity contribution in [2.45, 2.75) is 4.90 Å². The first kappa shape index (κ1) is 19.3. The highest BCUT2D eigenvalue weighted by Gasteiger charge is 2.28. The van der Waals surface area contributed by atoms with Gasteiger partial charge < -0.3 is 5.32 Å². The van der Waals surface area contributed by atoms with Crippen molar-refractivity contribution < 1.29 is 17.6 Å². The van der Waals surface area contributed by atoms with Crippen molar-refractivity contribution in [3.05, 3.63) is 72.6 Å². The normalized spacial score (nSPS) is 11.0. The summed E-state index contributed by atoms with van der Waals surface area (Å²) in [5.41, 5.74) is 0.709. The van der Waals surface area contributed by atoms with Gasteiger partial charge in [0.1, 0.15) is 10.7 Å². The lowest BCUT2D eigenvalue weighted by molar-refractivity contribution is -0.116. The third-order valence-corrected chi connectivity index (χ3v) is 5.23. The minimum atomic E-state index is -4.22. The standard InChI is InChI=1S/C18H16FN3O3S/c1-2-10-22(26(24,25)17-9-4-3-8-16(17)19)13-18(23)21-15-7-5-6-14(11-15)12-20/h2-9,11H,1,10,13H2,(H,21,23). The molecule has 0 spiro atoms. The molecule has 1 amide bonds. The van der Waals surface area contributed by atoms with E-state index in [1.165, 1.54) is 24.3 Å². The van der Waals surface area contributed by atoms with Crippen molar-refractivity contribution >= 4 is 21.6 Å². The van der Waals surface area contributed by atoms with Gasteiger partial charge in [-0.05, 0) is 30.3 Å². The fourth-order valence-electron chi connectivity index (χ4n) is 2.21. The van der Waals surface area contributed by atoms with Crippen LogP contribution in [0.5, 0.6) is 0 Å². The van der Waals surface area contributed by atoms with E-state index in [2.05, 4.69) is 11.9 Å². The second-order valence-corrected chi connectivity index (χ2v) is 7.16. The quantitative estimate of drug-likeness (QED) is 0.755. The van der Waals surface area contributed by atoms with E-state index in [9.17, 15) is 17.6 Å². The van der Waals surface area contributed by atoms with Gasteiger partial charge >= 0.3 is 0 Å². The summed E-state index contributed by atoms with van der Waals surface area (Å²) in [5.74, 6) is -1.52. The summed E-state index contributed by atoms with van der Waals surface area (Å²) >= 11 is 0. The molecule has 0 heterocycles. The molecule has 2 aromatic carbocycles. The monoisotopic (exact) mass is 373 g/mol. The maximum absolute atomic E-state index is 13.9. The number of hydrogen-bond donors (Lipinski definition) is 1. The minimum absolute atomic E-state index is 0.164. The summed E-state index contributed by atoms with van der Waals surface area (Å²) in [6.45, 7) is 2.78. The lowest BCUT2D eigenvalue weighted by Crippen LogP contribution is -2.38. The molecular weight excluding hydrogens is 357 g/mol. The third-order valence-electron chi connectivity index (χ3n) is 3.38. The zero-order valence-corrected chi connectivity index (χ0v) is 14.5. The Kier molecular flexibility index (Phi) is 6.22. The zero-order chi connectivity index (χ0) is 19.2. The molecule has 2 rings (SSSR count). The first-order valence-electron chi connectivity index (χ1n) is 7.54. The summed E-state index contributed by atoms with van der Waals surface area (Å²) in [4.78, 5) is 11.7. The molecule has 0 aromatic heterocycles. The third kappa shape index (κ3) is 4.53. The van der Waals surface area contributed by atoms with Crippen LogP contribution >= 0.6 is 0 Å². The van der Waals surface area contributed by atoms with Crippen molar-refractivity contribution in [1.82, 2.24) is 4.31 Å². The predicted molar refractivity (Wildman–Crippen MR) is 95.1 cm³/mol. The topological polar surface area (TPSA) is 90.3 Å². The zero-order valence-electron chi connectivity index (χ0n) is 13.7. The molecule has 0 fully saturated rings. The lowest BCUT2D eigenvalue weighted by atomic mass is 10.2. The number of carbonyl (C=O) groups is 1. The Morgan fingerprint density at radius 3 is 2.65 bits per heavy atom. The van der Waals surface area contributed by atoms with Gasteiger partial charge in [0.15, 0.2) is 0 Å². The van der Waals surface area contributed by atoms with E-state index in [1.807, 2.05) is 6.07 Å². The summed E-state index contributed by atoms with van der Waals surface area (Å²) in [6.07, 6.45) is 1.31. The maximum atomic E-state index is 13.9. The minimum Gasteiger partial charge on any atom is -0.325 e. The lowest BCUT2D eigenvalue weighted by Gasteiger charge is -2.20. The molecule has 6 nitrogen and oxygen atoms in total. The number of hydrogen-bond acceptors (Lipinski definition) is 4. The molecule has 0 aliphatic rings. The van der Waals surface area contributed by atoms with Crippen LogP contribution in [0, 0.1) is 17.1 Å². The molecule has 2 aromatic rings. The Labute approximate surface area is 151 Å². The van der Waals surface area contributed by atoms with Crippen molar-refractivity contribution in [2.24, 2.45) is 0 Å². The van der Waals surface area contributed by atoms with Gasteiger partial charge in [-0.3, -0.25) is 4.79 Å². The van der Waals surface area contributed by atoms with E-state index in [4.69, 9.17) is 5.26 Å². The highest BCUT2D eigenvalue weighted by Crippen LogP contribution is 2.19. The number of sulfonamides is 1. The highest BCUT2D eigenvalue weighted by atomic mass is 32.2. The van der Waals surface area contributed by atoms with Gasteiger partial charge in [-0.15, -0.1) is 6.58 Å². The SMILES string of the molecule is C=CCN(CC(=O)Nc1cccc(C#N)c1)S(=O)(=O)c1ccccc1F.